The Bertz CT molecular complexity index is 1880. The summed E-state index contributed by atoms with van der Waals surface area (Å²) in [5, 5.41) is 17.2. The van der Waals surface area contributed by atoms with Gasteiger partial charge in [0.05, 0.1) is 29.5 Å². The van der Waals surface area contributed by atoms with Gasteiger partial charge in [-0.1, -0.05) is 24.3 Å². The maximum atomic E-state index is 13.1. The highest BCUT2D eigenvalue weighted by Gasteiger charge is 2.21. The molecule has 0 aliphatic carbocycles. The number of carboxylic acids is 1. The van der Waals surface area contributed by atoms with Gasteiger partial charge < -0.3 is 15.2 Å². The van der Waals surface area contributed by atoms with Crippen molar-refractivity contribution in [1.29, 1.82) is 0 Å². The number of anilines is 1. The molecule has 3 N–H and O–H groups in total. The first-order chi connectivity index (χ1) is 19.7. The number of hydrogen-bond acceptors (Lipinski definition) is 10. The van der Waals surface area contributed by atoms with Crippen LogP contribution in [-0.4, -0.2) is 57.1 Å². The number of ether oxygens (including phenoxy) is 1. The van der Waals surface area contributed by atoms with Gasteiger partial charge in [0, 0.05) is 42.7 Å². The first-order valence-corrected chi connectivity index (χ1v) is 14.4. The zero-order valence-electron chi connectivity index (χ0n) is 21.7. The number of carbonyl (C=O) groups excluding carboxylic acids is 1. The van der Waals surface area contributed by atoms with Gasteiger partial charge in [0.25, 0.3) is 10.0 Å². The number of rotatable bonds is 10. The van der Waals surface area contributed by atoms with Gasteiger partial charge in [-0.05, 0) is 35.9 Å². The van der Waals surface area contributed by atoms with Gasteiger partial charge in [0.2, 0.25) is 16.7 Å². The minimum absolute atomic E-state index is 0.0202. The van der Waals surface area contributed by atoms with E-state index in [9.17, 15) is 23.1 Å². The van der Waals surface area contributed by atoms with Crippen LogP contribution in [0.25, 0.3) is 26.8 Å². The van der Waals surface area contributed by atoms with E-state index < -0.39 is 16.0 Å². The Morgan fingerprint density at radius 1 is 1.07 bits per heavy atom. The smallest absolute Gasteiger partial charge is 0.335 e. The van der Waals surface area contributed by atoms with Crippen molar-refractivity contribution in [3.05, 3.63) is 72.3 Å². The molecule has 0 radical (unpaired) electrons. The molecule has 41 heavy (non-hydrogen) atoms. The molecule has 5 aromatic rings. The van der Waals surface area contributed by atoms with Crippen LogP contribution < -0.4 is 14.8 Å². The lowest BCUT2D eigenvalue weighted by Gasteiger charge is -2.12. The first kappa shape index (κ1) is 27.7. The van der Waals surface area contributed by atoms with E-state index in [1.54, 1.807) is 30.0 Å². The Balaban J connectivity index is 1.46. The number of fused-ring (bicyclic) bond motifs is 1. The second-order valence-electron chi connectivity index (χ2n) is 8.68. The molecule has 0 spiro atoms. The predicted molar refractivity (Wildman–Crippen MR) is 150 cm³/mol. The normalized spacial score (nSPS) is 11.4. The fourth-order valence-corrected chi connectivity index (χ4v) is 5.81. The van der Waals surface area contributed by atoms with Crippen LogP contribution >= 0.6 is 11.3 Å². The molecule has 0 aliphatic rings. The number of nitrogens with one attached hydrogen (secondary N) is 2. The fraction of sp³-hybridized carbons (Fsp3) is 0.154. The second-order valence-corrected chi connectivity index (χ2v) is 11.3. The van der Waals surface area contributed by atoms with Crippen LogP contribution in [0.2, 0.25) is 0 Å². The molecule has 13 nitrogen and oxygen atoms in total. The standard InChI is InChI=1S/C26H23N7O6S2/c1-3-22(34)28-11-15-7-17(12-27-10-15)21-14-30-26-33(21)31-24(40-26)18-9-20(23(39-2)29-13-18)32-41(37,38)19-6-4-5-16(8-19)25(35)36/h4-10,12-14,32H,3,11H2,1-2H3,(H,28,34)(H,35,36). The van der Waals surface area contributed by atoms with Crippen molar-refractivity contribution < 1.29 is 27.9 Å². The molecule has 1 amide bonds. The lowest BCUT2D eigenvalue weighted by atomic mass is 10.1. The largest absolute Gasteiger partial charge is 0.480 e. The van der Waals surface area contributed by atoms with Crippen molar-refractivity contribution in [1.82, 2.24) is 29.9 Å². The molecule has 0 unspecified atom stereocenters. The number of aromatic nitrogens is 5. The van der Waals surface area contributed by atoms with E-state index >= 15 is 0 Å². The molecule has 5 rings (SSSR count). The van der Waals surface area contributed by atoms with E-state index in [2.05, 4.69) is 30.1 Å². The fourth-order valence-electron chi connectivity index (χ4n) is 3.86. The number of carbonyl (C=O) groups is 2. The molecule has 0 saturated heterocycles. The van der Waals surface area contributed by atoms with Crippen LogP contribution in [0.1, 0.15) is 29.3 Å². The predicted octanol–water partition coefficient (Wildman–Crippen LogP) is 3.45. The van der Waals surface area contributed by atoms with Crippen molar-refractivity contribution in [3.8, 4) is 27.7 Å². The zero-order valence-corrected chi connectivity index (χ0v) is 23.4. The zero-order chi connectivity index (χ0) is 29.1. The molecule has 0 fully saturated rings. The van der Waals surface area contributed by atoms with Gasteiger partial charge in [0.1, 0.15) is 10.7 Å². The van der Waals surface area contributed by atoms with Gasteiger partial charge in [-0.3, -0.25) is 14.5 Å². The van der Waals surface area contributed by atoms with Crippen molar-refractivity contribution in [2.45, 2.75) is 24.8 Å². The monoisotopic (exact) mass is 593 g/mol. The van der Waals surface area contributed by atoms with Gasteiger partial charge in [-0.2, -0.15) is 5.10 Å². The van der Waals surface area contributed by atoms with Gasteiger partial charge in [0.15, 0.2) is 0 Å². The lowest BCUT2D eigenvalue weighted by molar-refractivity contribution is -0.120. The molecule has 0 atom stereocenters. The van der Waals surface area contributed by atoms with Gasteiger partial charge in [-0.15, -0.1) is 0 Å². The highest BCUT2D eigenvalue weighted by atomic mass is 32.2. The van der Waals surface area contributed by atoms with Crippen LogP contribution in [0.5, 0.6) is 5.88 Å². The number of nitrogens with zero attached hydrogens (tertiary/aromatic N) is 5. The van der Waals surface area contributed by atoms with Crippen LogP contribution in [-0.2, 0) is 21.4 Å². The highest BCUT2D eigenvalue weighted by Crippen LogP contribution is 2.33. The van der Waals surface area contributed by atoms with Gasteiger partial charge >= 0.3 is 5.97 Å². The maximum absolute atomic E-state index is 13.1. The summed E-state index contributed by atoms with van der Waals surface area (Å²) in [5.74, 6) is -1.29. The number of aromatic carboxylic acids is 1. The van der Waals surface area contributed by atoms with E-state index in [4.69, 9.17) is 4.74 Å². The highest BCUT2D eigenvalue weighted by molar-refractivity contribution is 7.92. The first-order valence-electron chi connectivity index (χ1n) is 12.1. The Kier molecular flexibility index (Phi) is 7.63. The summed E-state index contributed by atoms with van der Waals surface area (Å²) in [4.78, 5) is 36.3. The molecular weight excluding hydrogens is 570 g/mol. The van der Waals surface area contributed by atoms with Crippen LogP contribution in [0.15, 0.2) is 66.1 Å². The Hall–Kier alpha value is -4.89. The molecule has 15 heteroatoms. The summed E-state index contributed by atoms with van der Waals surface area (Å²) in [6, 6.07) is 8.42. The van der Waals surface area contributed by atoms with Crippen LogP contribution in [0.4, 0.5) is 5.69 Å². The number of methoxy groups -OCH3 is 1. The third-order valence-corrected chi connectivity index (χ3v) is 8.25. The van der Waals surface area contributed by atoms with E-state index in [1.807, 2.05) is 6.07 Å². The summed E-state index contributed by atoms with van der Waals surface area (Å²) in [6.07, 6.45) is 6.91. The minimum Gasteiger partial charge on any atom is -0.480 e. The minimum atomic E-state index is -4.17. The summed E-state index contributed by atoms with van der Waals surface area (Å²) in [5.41, 5.74) is 2.63. The number of amides is 1. The number of carboxylic acid groups (broad SMARTS) is 1. The Morgan fingerprint density at radius 2 is 1.90 bits per heavy atom. The Labute approximate surface area is 237 Å². The van der Waals surface area contributed by atoms with Crippen molar-refractivity contribution in [2.24, 2.45) is 0 Å². The SMILES string of the molecule is CCC(=O)NCc1cncc(-c2cnc3sc(-c4cnc(OC)c(NS(=O)(=O)c5cccc(C(=O)O)c5)c4)nn23)c1. The van der Waals surface area contributed by atoms with Crippen LogP contribution in [0.3, 0.4) is 0 Å². The number of hydrogen-bond donors (Lipinski definition) is 3. The summed E-state index contributed by atoms with van der Waals surface area (Å²) in [6.45, 7) is 2.12. The van der Waals surface area contributed by atoms with Crippen molar-refractivity contribution in [3.63, 3.8) is 0 Å². The molecule has 0 aliphatic heterocycles. The van der Waals surface area contributed by atoms with E-state index in [0.717, 1.165) is 17.2 Å². The number of sulfonamides is 1. The third kappa shape index (κ3) is 5.85. The second kappa shape index (κ2) is 11.3. The average Bonchev–Trinajstić information content (AvgIpc) is 3.57. The summed E-state index contributed by atoms with van der Waals surface area (Å²) in [7, 11) is -2.82. The maximum Gasteiger partial charge on any atom is 0.335 e. The molecule has 210 valence electrons. The number of benzene rings is 1. The van der Waals surface area contributed by atoms with E-state index in [0.29, 0.717) is 34.2 Å². The third-order valence-electron chi connectivity index (χ3n) is 5.91. The molecule has 4 aromatic heterocycles. The van der Waals surface area contributed by atoms with Crippen LogP contribution in [0, 0.1) is 0 Å². The average molecular weight is 594 g/mol. The molecule has 0 saturated carbocycles. The molecular formula is C26H23N7O6S2. The van der Waals surface area contributed by atoms with E-state index in [-0.39, 0.29) is 27.9 Å². The molecule has 0 bridgehead atoms. The quantitative estimate of drug-likeness (QED) is 0.217. The van der Waals surface area contributed by atoms with Gasteiger partial charge in [-0.25, -0.2) is 27.7 Å². The molecule has 1 aromatic carbocycles. The van der Waals surface area contributed by atoms with Crippen molar-refractivity contribution in [2.75, 3.05) is 11.8 Å². The number of pyridine rings is 2. The molecule has 4 heterocycles. The summed E-state index contributed by atoms with van der Waals surface area (Å²) < 4.78 is 35.5. The Morgan fingerprint density at radius 3 is 2.66 bits per heavy atom. The number of imidazole rings is 1. The lowest BCUT2D eigenvalue weighted by Crippen LogP contribution is -2.21. The topological polar surface area (TPSA) is 178 Å². The van der Waals surface area contributed by atoms with Crippen molar-refractivity contribution >= 4 is 43.9 Å². The summed E-state index contributed by atoms with van der Waals surface area (Å²) >= 11 is 1.27. The van der Waals surface area contributed by atoms with E-state index in [1.165, 1.54) is 48.9 Å².